The van der Waals surface area contributed by atoms with Crippen LogP contribution in [-0.4, -0.2) is 58.9 Å². The van der Waals surface area contributed by atoms with E-state index >= 15 is 0 Å². The van der Waals surface area contributed by atoms with E-state index < -0.39 is 18.0 Å². The number of rotatable bonds is 9. The third-order valence-electron chi connectivity index (χ3n) is 7.02. The molecule has 0 aliphatic carbocycles. The van der Waals surface area contributed by atoms with Crippen LogP contribution >= 0.6 is 0 Å². The first-order valence-electron chi connectivity index (χ1n) is 13.1. The molecule has 1 aliphatic heterocycles. The van der Waals surface area contributed by atoms with Gasteiger partial charge in [-0.25, -0.2) is 9.97 Å². The molecular weight excluding hydrogens is 505 g/mol. The summed E-state index contributed by atoms with van der Waals surface area (Å²) < 4.78 is 46.0. The number of β-amino-alcohol motifs (C(OH)–C–C–N with tert-alkyl or cyclic N) is 1. The molecule has 1 atom stereocenters. The van der Waals surface area contributed by atoms with Gasteiger partial charge in [0.15, 0.2) is 0 Å². The fourth-order valence-corrected chi connectivity index (χ4v) is 4.92. The number of anilines is 1. The van der Waals surface area contributed by atoms with Crippen LogP contribution in [0, 0.1) is 5.92 Å². The topological polar surface area (TPSA) is 70.5 Å². The van der Waals surface area contributed by atoms with Crippen molar-refractivity contribution in [2.24, 2.45) is 5.92 Å². The van der Waals surface area contributed by atoms with Crippen LogP contribution < -0.4 is 10.1 Å². The van der Waals surface area contributed by atoms with Gasteiger partial charge in [0.05, 0.1) is 5.52 Å². The Morgan fingerprint density at radius 1 is 0.974 bits per heavy atom. The van der Waals surface area contributed by atoms with Gasteiger partial charge in [-0.05, 0) is 61.7 Å². The van der Waals surface area contributed by atoms with Crippen LogP contribution in [0.25, 0.3) is 22.0 Å². The Bertz CT molecular complexity index is 1360. The van der Waals surface area contributed by atoms with Crippen molar-refractivity contribution in [3.05, 3.63) is 84.7 Å². The maximum atomic E-state index is 13.5. The second kappa shape index (κ2) is 12.0. The lowest BCUT2D eigenvalue weighted by molar-refractivity contribution is -0.140. The summed E-state index contributed by atoms with van der Waals surface area (Å²) in [6.07, 6.45) is -1.64. The van der Waals surface area contributed by atoms with E-state index in [1.807, 2.05) is 60.7 Å². The summed E-state index contributed by atoms with van der Waals surface area (Å²) in [5.41, 5.74) is 0.672. The summed E-state index contributed by atoms with van der Waals surface area (Å²) in [7, 11) is 0. The molecule has 1 aliphatic rings. The Morgan fingerprint density at radius 3 is 2.36 bits per heavy atom. The first-order chi connectivity index (χ1) is 18.9. The predicted molar refractivity (Wildman–Crippen MR) is 146 cm³/mol. The molecule has 0 amide bonds. The van der Waals surface area contributed by atoms with Gasteiger partial charge in [-0.1, -0.05) is 48.5 Å². The number of alkyl halides is 3. The van der Waals surface area contributed by atoms with E-state index in [1.165, 1.54) is 6.07 Å². The average Bonchev–Trinajstić information content (AvgIpc) is 2.96. The Kier molecular flexibility index (Phi) is 8.28. The molecule has 1 unspecified atom stereocenters. The maximum absolute atomic E-state index is 13.5. The maximum Gasteiger partial charge on any atom is 0.433 e. The highest BCUT2D eigenvalue weighted by Gasteiger charge is 2.33. The summed E-state index contributed by atoms with van der Waals surface area (Å²) in [4.78, 5) is 10.8. The number of aliphatic hydroxyl groups excluding tert-OH is 1. The predicted octanol–water partition coefficient (Wildman–Crippen LogP) is 5.88. The van der Waals surface area contributed by atoms with Crippen molar-refractivity contribution < 1.29 is 23.0 Å². The summed E-state index contributed by atoms with van der Waals surface area (Å²) in [6, 6.07) is 21.1. The van der Waals surface area contributed by atoms with E-state index in [-0.39, 0.29) is 12.1 Å². The van der Waals surface area contributed by atoms with Gasteiger partial charge in [0, 0.05) is 30.2 Å². The molecule has 39 heavy (non-hydrogen) atoms. The van der Waals surface area contributed by atoms with E-state index in [0.29, 0.717) is 35.8 Å². The van der Waals surface area contributed by atoms with Gasteiger partial charge in [-0.3, -0.25) is 0 Å². The Morgan fingerprint density at radius 2 is 1.67 bits per heavy atom. The van der Waals surface area contributed by atoms with Gasteiger partial charge in [0.25, 0.3) is 0 Å². The third kappa shape index (κ3) is 6.85. The number of benzene rings is 2. The minimum Gasteiger partial charge on any atom is -0.491 e. The van der Waals surface area contributed by atoms with Crippen LogP contribution in [0.2, 0.25) is 0 Å². The smallest absolute Gasteiger partial charge is 0.433 e. The largest absolute Gasteiger partial charge is 0.491 e. The zero-order valence-corrected chi connectivity index (χ0v) is 21.4. The van der Waals surface area contributed by atoms with Crippen molar-refractivity contribution >= 4 is 16.7 Å². The van der Waals surface area contributed by atoms with Crippen LogP contribution in [0.4, 0.5) is 19.0 Å². The third-order valence-corrected chi connectivity index (χ3v) is 7.02. The molecule has 5 rings (SSSR count). The number of aliphatic hydroxyl groups is 1. The highest BCUT2D eigenvalue weighted by molar-refractivity contribution is 5.99. The number of hydrogen-bond donors (Lipinski definition) is 2. The van der Waals surface area contributed by atoms with Crippen molar-refractivity contribution in [1.29, 1.82) is 0 Å². The zero-order chi connectivity index (χ0) is 27.2. The first kappa shape index (κ1) is 26.9. The van der Waals surface area contributed by atoms with Crippen molar-refractivity contribution in [3.63, 3.8) is 0 Å². The van der Waals surface area contributed by atoms with Crippen LogP contribution in [0.15, 0.2) is 79.0 Å². The van der Waals surface area contributed by atoms with Crippen LogP contribution in [0.5, 0.6) is 5.75 Å². The molecule has 2 aromatic carbocycles. The monoisotopic (exact) mass is 536 g/mol. The van der Waals surface area contributed by atoms with E-state index in [1.54, 1.807) is 6.20 Å². The number of halogens is 3. The number of ether oxygens (including phenoxy) is 1. The second-order valence-electron chi connectivity index (χ2n) is 9.88. The van der Waals surface area contributed by atoms with Gasteiger partial charge < -0.3 is 20.1 Å². The molecule has 4 aromatic rings. The highest BCUT2D eigenvalue weighted by Crippen LogP contribution is 2.35. The van der Waals surface area contributed by atoms with E-state index in [2.05, 4.69) is 20.2 Å². The molecule has 1 fully saturated rings. The number of aromatic nitrogens is 2. The molecule has 1 saturated heterocycles. The number of likely N-dealkylation sites (tertiary alicyclic amines) is 1. The molecule has 0 saturated carbocycles. The quantitative estimate of drug-likeness (QED) is 0.279. The Labute approximate surface area is 225 Å². The lowest BCUT2D eigenvalue weighted by Crippen LogP contribution is -2.41. The summed E-state index contributed by atoms with van der Waals surface area (Å²) in [6.45, 7) is 3.15. The molecule has 2 aromatic heterocycles. The zero-order valence-electron chi connectivity index (χ0n) is 21.4. The molecule has 0 radical (unpaired) electrons. The molecule has 9 heteroatoms. The lowest BCUT2D eigenvalue weighted by Gasteiger charge is -2.33. The molecule has 6 nitrogen and oxygen atoms in total. The van der Waals surface area contributed by atoms with Gasteiger partial charge in [0.1, 0.15) is 30.0 Å². The minimum absolute atomic E-state index is 0.243. The second-order valence-corrected chi connectivity index (χ2v) is 9.88. The number of nitrogens with zero attached hydrogens (tertiary/aromatic N) is 3. The molecular formula is C30H31F3N4O2. The standard InChI is InChI=1S/C30H31F3N4O2/c31-30(32,33)27-12-11-25-28(36-27)26(22-7-3-1-4-8-22)18-35-29(25)34-17-21-13-15-37(16-14-21)19-23(38)20-39-24-9-5-2-6-10-24/h1-12,18,21,23,38H,13-17,19-20H2,(H,34,35). The number of fused-ring (bicyclic) bond motifs is 1. The number of pyridine rings is 2. The Hall–Kier alpha value is -3.69. The van der Waals surface area contributed by atoms with Gasteiger partial charge in [-0.15, -0.1) is 0 Å². The van der Waals surface area contributed by atoms with Crippen LogP contribution in [0.1, 0.15) is 18.5 Å². The molecule has 0 spiro atoms. The number of piperidine rings is 1. The normalized spacial score (nSPS) is 15.8. The van der Waals surface area contributed by atoms with Gasteiger partial charge in [0.2, 0.25) is 0 Å². The van der Waals surface area contributed by atoms with Crippen molar-refractivity contribution in [2.75, 3.05) is 38.1 Å². The lowest BCUT2D eigenvalue weighted by atomic mass is 9.96. The summed E-state index contributed by atoms with van der Waals surface area (Å²) in [5.74, 6) is 1.65. The van der Waals surface area contributed by atoms with E-state index in [9.17, 15) is 18.3 Å². The van der Waals surface area contributed by atoms with Crippen molar-refractivity contribution in [1.82, 2.24) is 14.9 Å². The number of hydrogen-bond acceptors (Lipinski definition) is 6. The van der Waals surface area contributed by atoms with Gasteiger partial charge in [-0.2, -0.15) is 13.2 Å². The molecule has 2 N–H and O–H groups in total. The fraction of sp³-hybridized carbons (Fsp3) is 0.333. The van der Waals surface area contributed by atoms with Crippen LogP contribution in [-0.2, 0) is 6.18 Å². The van der Waals surface area contributed by atoms with Crippen LogP contribution in [0.3, 0.4) is 0 Å². The molecule has 204 valence electrons. The number of nitrogens with one attached hydrogen (secondary N) is 1. The van der Waals surface area contributed by atoms with E-state index in [0.717, 1.165) is 43.3 Å². The molecule has 0 bridgehead atoms. The van der Waals surface area contributed by atoms with Crippen molar-refractivity contribution in [2.45, 2.75) is 25.1 Å². The Balaban J connectivity index is 1.20. The average molecular weight is 537 g/mol. The number of para-hydroxylation sites is 1. The fourth-order valence-electron chi connectivity index (χ4n) is 4.92. The minimum atomic E-state index is -4.53. The van der Waals surface area contributed by atoms with E-state index in [4.69, 9.17) is 4.74 Å². The SMILES string of the molecule is OC(COc1ccccc1)CN1CCC(CNc2ncc(-c3ccccc3)c3nc(C(F)(F)F)ccc23)CC1. The first-order valence-corrected chi connectivity index (χ1v) is 13.1. The molecule has 3 heterocycles. The summed E-state index contributed by atoms with van der Waals surface area (Å²) >= 11 is 0. The highest BCUT2D eigenvalue weighted by atomic mass is 19.4. The summed E-state index contributed by atoms with van der Waals surface area (Å²) in [5, 5.41) is 14.3. The van der Waals surface area contributed by atoms with Gasteiger partial charge >= 0.3 is 6.18 Å². The van der Waals surface area contributed by atoms with Crippen molar-refractivity contribution in [3.8, 4) is 16.9 Å².